The molecule has 0 aliphatic heterocycles. The first-order chi connectivity index (χ1) is 10.5. The number of aryl methyl sites for hydroxylation is 1. The van der Waals surface area contributed by atoms with Crippen molar-refractivity contribution < 1.29 is 9.90 Å². The summed E-state index contributed by atoms with van der Waals surface area (Å²) in [5.41, 5.74) is 7.60. The van der Waals surface area contributed by atoms with Crippen LogP contribution in [0.4, 0.5) is 0 Å². The number of likely N-dealkylation sites (N-methyl/N-ethyl adjacent to an activating group) is 1. The maximum Gasteiger partial charge on any atom is 0.242 e. The summed E-state index contributed by atoms with van der Waals surface area (Å²) in [6.07, 6.45) is 4.02. The van der Waals surface area contributed by atoms with Gasteiger partial charge < -0.3 is 15.7 Å². The van der Waals surface area contributed by atoms with Crippen LogP contribution < -0.4 is 5.73 Å². The third kappa shape index (κ3) is 3.87. The van der Waals surface area contributed by atoms with E-state index in [1.165, 1.54) is 0 Å². The predicted octanol–water partition coefficient (Wildman–Crippen LogP) is 2.54. The van der Waals surface area contributed by atoms with E-state index in [2.05, 4.69) is 0 Å². The molecule has 4 nitrogen and oxygen atoms in total. The molecule has 1 aromatic rings. The van der Waals surface area contributed by atoms with Crippen LogP contribution in [-0.2, 0) is 4.79 Å². The van der Waals surface area contributed by atoms with E-state index >= 15 is 0 Å². The summed E-state index contributed by atoms with van der Waals surface area (Å²) in [6.45, 7) is 4.82. The molecular formula is C18H28N2O2. The Labute approximate surface area is 133 Å². The average molecular weight is 304 g/mol. The Morgan fingerprint density at radius 3 is 2.41 bits per heavy atom. The van der Waals surface area contributed by atoms with Crippen LogP contribution in [0.5, 0.6) is 0 Å². The number of aliphatic hydroxyl groups excluding tert-OH is 1. The normalized spacial score (nSPS) is 18.7. The Bertz CT molecular complexity index is 492. The van der Waals surface area contributed by atoms with Gasteiger partial charge in [0.2, 0.25) is 5.91 Å². The largest absolute Gasteiger partial charge is 0.387 e. The molecule has 2 rings (SSSR count). The monoisotopic (exact) mass is 304 g/mol. The third-order valence-corrected chi connectivity index (χ3v) is 4.70. The molecule has 0 saturated heterocycles. The van der Waals surface area contributed by atoms with Crippen molar-refractivity contribution in [3.8, 4) is 0 Å². The van der Waals surface area contributed by atoms with E-state index in [9.17, 15) is 9.90 Å². The van der Waals surface area contributed by atoms with Crippen LogP contribution in [0.2, 0.25) is 0 Å². The summed E-state index contributed by atoms with van der Waals surface area (Å²) in [5.74, 6) is -0.0131. The van der Waals surface area contributed by atoms with Gasteiger partial charge in [0.25, 0.3) is 0 Å². The number of nitrogens with zero attached hydrogens (tertiary/aromatic N) is 1. The molecule has 1 unspecified atom stereocenters. The van der Waals surface area contributed by atoms with Gasteiger partial charge >= 0.3 is 0 Å². The van der Waals surface area contributed by atoms with Crippen molar-refractivity contribution in [2.75, 3.05) is 13.1 Å². The van der Waals surface area contributed by atoms with E-state index in [-0.39, 0.29) is 5.91 Å². The van der Waals surface area contributed by atoms with Gasteiger partial charge in [-0.15, -0.1) is 0 Å². The molecule has 0 aromatic heterocycles. The number of hydrogen-bond donors (Lipinski definition) is 2. The number of carbonyl (C=O) groups is 1. The minimum Gasteiger partial charge on any atom is -0.387 e. The SMILES string of the molecule is CCN(CC(O)c1ccc(C)cc1)C(=O)C1(N)CCCCC1. The molecule has 4 heteroatoms. The molecule has 1 fully saturated rings. The van der Waals surface area contributed by atoms with E-state index in [0.717, 1.165) is 43.2 Å². The Balaban J connectivity index is 2.04. The lowest BCUT2D eigenvalue weighted by Crippen LogP contribution is -2.56. The molecule has 1 saturated carbocycles. The Morgan fingerprint density at radius 2 is 1.86 bits per heavy atom. The zero-order valence-corrected chi connectivity index (χ0v) is 13.7. The van der Waals surface area contributed by atoms with Crippen molar-refractivity contribution in [1.82, 2.24) is 4.90 Å². The molecule has 1 aliphatic carbocycles. The zero-order valence-electron chi connectivity index (χ0n) is 13.7. The molecule has 0 bridgehead atoms. The number of carbonyl (C=O) groups excluding carboxylic acids is 1. The molecule has 0 radical (unpaired) electrons. The van der Waals surface area contributed by atoms with Crippen LogP contribution in [0.3, 0.4) is 0 Å². The van der Waals surface area contributed by atoms with Gasteiger partial charge in [-0.1, -0.05) is 49.1 Å². The molecule has 1 aliphatic rings. The predicted molar refractivity (Wildman–Crippen MR) is 88.4 cm³/mol. The lowest BCUT2D eigenvalue weighted by molar-refractivity contribution is -0.139. The number of aliphatic hydroxyl groups is 1. The van der Waals surface area contributed by atoms with E-state index in [4.69, 9.17) is 5.73 Å². The van der Waals surface area contributed by atoms with Crippen molar-refractivity contribution >= 4 is 5.91 Å². The van der Waals surface area contributed by atoms with Crippen LogP contribution in [0.1, 0.15) is 56.3 Å². The van der Waals surface area contributed by atoms with Crippen LogP contribution in [0, 0.1) is 6.92 Å². The fourth-order valence-electron chi connectivity index (χ4n) is 3.17. The van der Waals surface area contributed by atoms with E-state index < -0.39 is 11.6 Å². The highest BCUT2D eigenvalue weighted by molar-refractivity contribution is 5.86. The van der Waals surface area contributed by atoms with Gasteiger partial charge in [0, 0.05) is 6.54 Å². The second kappa shape index (κ2) is 7.25. The van der Waals surface area contributed by atoms with E-state index in [1.807, 2.05) is 38.1 Å². The molecule has 0 heterocycles. The first-order valence-corrected chi connectivity index (χ1v) is 8.29. The minimum absolute atomic E-state index is 0.0131. The number of amides is 1. The summed E-state index contributed by atoms with van der Waals surface area (Å²) in [4.78, 5) is 14.5. The molecule has 1 atom stereocenters. The van der Waals surface area contributed by atoms with Crippen molar-refractivity contribution in [2.24, 2.45) is 5.73 Å². The number of rotatable bonds is 5. The summed E-state index contributed by atoms with van der Waals surface area (Å²) < 4.78 is 0. The quantitative estimate of drug-likeness (QED) is 0.878. The Kier molecular flexibility index (Phi) is 5.59. The van der Waals surface area contributed by atoms with Gasteiger partial charge in [0.1, 0.15) is 0 Å². The standard InChI is InChI=1S/C18H28N2O2/c1-3-20(17(22)18(19)11-5-4-6-12-18)13-16(21)15-9-7-14(2)8-10-15/h7-10,16,21H,3-6,11-13,19H2,1-2H3. The Morgan fingerprint density at radius 1 is 1.27 bits per heavy atom. The van der Waals surface area contributed by atoms with Crippen molar-refractivity contribution in [3.05, 3.63) is 35.4 Å². The minimum atomic E-state index is -0.735. The summed E-state index contributed by atoms with van der Waals surface area (Å²) >= 11 is 0. The van der Waals surface area contributed by atoms with Gasteiger partial charge in [-0.2, -0.15) is 0 Å². The summed E-state index contributed by atoms with van der Waals surface area (Å²) in [5, 5.41) is 10.4. The van der Waals surface area contributed by atoms with E-state index in [1.54, 1.807) is 4.90 Å². The first-order valence-electron chi connectivity index (χ1n) is 8.29. The average Bonchev–Trinajstić information content (AvgIpc) is 2.53. The molecule has 122 valence electrons. The lowest BCUT2D eigenvalue weighted by atomic mass is 9.81. The third-order valence-electron chi connectivity index (χ3n) is 4.70. The van der Waals surface area contributed by atoms with Gasteiger partial charge in [-0.25, -0.2) is 0 Å². The topological polar surface area (TPSA) is 66.6 Å². The van der Waals surface area contributed by atoms with Crippen LogP contribution in [0.25, 0.3) is 0 Å². The van der Waals surface area contributed by atoms with Crippen molar-refractivity contribution in [1.29, 1.82) is 0 Å². The van der Waals surface area contributed by atoms with Crippen LogP contribution >= 0.6 is 0 Å². The molecule has 1 amide bonds. The molecule has 0 spiro atoms. The maximum atomic E-state index is 12.8. The Hall–Kier alpha value is -1.39. The van der Waals surface area contributed by atoms with Crippen LogP contribution in [0.15, 0.2) is 24.3 Å². The fourth-order valence-corrected chi connectivity index (χ4v) is 3.17. The summed E-state index contributed by atoms with van der Waals surface area (Å²) in [7, 11) is 0. The van der Waals surface area contributed by atoms with Crippen molar-refractivity contribution in [3.63, 3.8) is 0 Å². The first kappa shape index (κ1) is 17.0. The maximum absolute atomic E-state index is 12.8. The fraction of sp³-hybridized carbons (Fsp3) is 0.611. The molecule has 1 aromatic carbocycles. The second-order valence-electron chi connectivity index (χ2n) is 6.49. The highest BCUT2D eigenvalue weighted by Gasteiger charge is 2.38. The number of benzene rings is 1. The smallest absolute Gasteiger partial charge is 0.242 e. The second-order valence-corrected chi connectivity index (χ2v) is 6.49. The lowest BCUT2D eigenvalue weighted by Gasteiger charge is -2.37. The van der Waals surface area contributed by atoms with Crippen molar-refractivity contribution in [2.45, 2.75) is 57.6 Å². The highest BCUT2D eigenvalue weighted by Crippen LogP contribution is 2.28. The van der Waals surface area contributed by atoms with Gasteiger partial charge in [-0.3, -0.25) is 4.79 Å². The van der Waals surface area contributed by atoms with Gasteiger partial charge in [-0.05, 0) is 32.3 Å². The number of hydrogen-bond acceptors (Lipinski definition) is 3. The van der Waals surface area contributed by atoms with Gasteiger partial charge in [0.15, 0.2) is 0 Å². The van der Waals surface area contributed by atoms with Gasteiger partial charge in [0.05, 0.1) is 18.2 Å². The summed E-state index contributed by atoms with van der Waals surface area (Å²) in [6, 6.07) is 7.78. The number of nitrogens with two attached hydrogens (primary N) is 1. The van der Waals surface area contributed by atoms with E-state index in [0.29, 0.717) is 13.1 Å². The molecule has 22 heavy (non-hydrogen) atoms. The van der Waals surface area contributed by atoms with Crippen LogP contribution in [-0.4, -0.2) is 34.5 Å². The highest BCUT2D eigenvalue weighted by atomic mass is 16.3. The molecular weight excluding hydrogens is 276 g/mol. The zero-order chi connectivity index (χ0) is 16.2. The molecule has 3 N–H and O–H groups in total.